The Labute approximate surface area is 120 Å². The second-order valence-corrected chi connectivity index (χ2v) is 4.57. The molecule has 1 amide bonds. The number of furan rings is 1. The van der Waals surface area contributed by atoms with Crippen molar-refractivity contribution in [3.05, 3.63) is 46.0 Å². The van der Waals surface area contributed by atoms with Crippen LogP contribution in [0.3, 0.4) is 0 Å². The van der Waals surface area contributed by atoms with Gasteiger partial charge in [-0.3, -0.25) is 4.79 Å². The predicted octanol–water partition coefficient (Wildman–Crippen LogP) is 1.69. The third-order valence-corrected chi connectivity index (χ3v) is 3.20. The van der Waals surface area contributed by atoms with Crippen molar-refractivity contribution in [3.63, 3.8) is 0 Å². The van der Waals surface area contributed by atoms with Crippen molar-refractivity contribution in [3.8, 4) is 0 Å². The first-order chi connectivity index (χ1) is 8.70. The molecular weight excluding hydrogens is 288 g/mol. The lowest BCUT2D eigenvalue weighted by Gasteiger charge is -2.09. The first kappa shape index (κ1) is 15.7. The van der Waals surface area contributed by atoms with E-state index < -0.39 is 6.10 Å². The molecule has 0 aliphatic heterocycles. The Kier molecular flexibility index (Phi) is 6.04. The van der Waals surface area contributed by atoms with E-state index in [1.165, 1.54) is 17.6 Å². The minimum atomic E-state index is -0.693. The van der Waals surface area contributed by atoms with Gasteiger partial charge >= 0.3 is 0 Å². The number of thiophene rings is 1. The molecule has 2 aromatic rings. The van der Waals surface area contributed by atoms with E-state index in [1.54, 1.807) is 6.07 Å². The molecule has 0 saturated carbocycles. The third kappa shape index (κ3) is 4.07. The van der Waals surface area contributed by atoms with Gasteiger partial charge in [-0.1, -0.05) is 0 Å². The van der Waals surface area contributed by atoms with Crippen molar-refractivity contribution in [2.75, 3.05) is 6.54 Å². The number of aliphatic hydroxyl groups is 1. The number of hydrogen-bond donors (Lipinski definition) is 3. The van der Waals surface area contributed by atoms with Crippen LogP contribution in [0, 0.1) is 0 Å². The Hall–Kier alpha value is -1.34. The molecule has 2 heterocycles. The molecule has 0 aliphatic rings. The summed E-state index contributed by atoms with van der Waals surface area (Å²) in [5.74, 6) is 0.270. The summed E-state index contributed by atoms with van der Waals surface area (Å²) in [5, 5.41) is 16.2. The van der Waals surface area contributed by atoms with Crippen LogP contribution in [0.25, 0.3) is 0 Å². The third-order valence-electron chi connectivity index (χ3n) is 2.50. The molecular formula is C12H15ClN2O3S. The maximum atomic E-state index is 11.7. The summed E-state index contributed by atoms with van der Waals surface area (Å²) >= 11 is 1.50. The average Bonchev–Trinajstić information content (AvgIpc) is 3.05. The minimum absolute atomic E-state index is 0. The van der Waals surface area contributed by atoms with Crippen LogP contribution in [0.5, 0.6) is 0 Å². The van der Waals surface area contributed by atoms with Crippen molar-refractivity contribution >= 4 is 29.7 Å². The minimum Gasteiger partial charge on any atom is -0.467 e. The van der Waals surface area contributed by atoms with Crippen LogP contribution in [-0.4, -0.2) is 17.6 Å². The molecule has 4 N–H and O–H groups in total. The lowest BCUT2D eigenvalue weighted by molar-refractivity contribution is 0.0916. The van der Waals surface area contributed by atoms with Crippen LogP contribution in [0.2, 0.25) is 0 Å². The fraction of sp³-hybridized carbons (Fsp3) is 0.250. The van der Waals surface area contributed by atoms with Gasteiger partial charge in [-0.2, -0.15) is 11.3 Å². The van der Waals surface area contributed by atoms with Gasteiger partial charge in [0.15, 0.2) is 0 Å². The van der Waals surface area contributed by atoms with Gasteiger partial charge in [-0.15, -0.1) is 12.4 Å². The summed E-state index contributed by atoms with van der Waals surface area (Å²) in [5.41, 5.74) is 6.60. The summed E-state index contributed by atoms with van der Waals surface area (Å²) in [6.07, 6.45) is 0.662. The van der Waals surface area contributed by atoms with E-state index in [2.05, 4.69) is 5.32 Å². The molecule has 1 unspecified atom stereocenters. The van der Waals surface area contributed by atoms with Crippen LogP contribution in [0.4, 0.5) is 0 Å². The monoisotopic (exact) mass is 302 g/mol. The lowest BCUT2D eigenvalue weighted by atomic mass is 10.2. The van der Waals surface area contributed by atoms with Crippen molar-refractivity contribution in [2.24, 2.45) is 5.73 Å². The zero-order valence-electron chi connectivity index (χ0n) is 10.0. The number of halogens is 1. The maximum Gasteiger partial charge on any atom is 0.254 e. The highest BCUT2D eigenvalue weighted by molar-refractivity contribution is 7.07. The number of carbonyl (C=O) groups is 1. The summed E-state index contributed by atoms with van der Waals surface area (Å²) in [6.45, 7) is 0.420. The Balaban J connectivity index is 0.00000180. The Morgan fingerprint density at radius 2 is 2.37 bits per heavy atom. The molecule has 2 aromatic heterocycles. The normalized spacial score (nSPS) is 11.7. The molecule has 0 radical (unpaired) electrons. The highest BCUT2D eigenvalue weighted by Gasteiger charge is 2.13. The SMILES string of the molecule is Cl.NCc1cc(C(=O)NCC(O)c2ccsc2)co1. The number of aliphatic hydroxyl groups excluding tert-OH is 1. The van der Waals surface area contributed by atoms with Crippen molar-refractivity contribution in [2.45, 2.75) is 12.6 Å². The highest BCUT2D eigenvalue weighted by atomic mass is 35.5. The Morgan fingerprint density at radius 1 is 1.58 bits per heavy atom. The van der Waals surface area contributed by atoms with E-state index in [9.17, 15) is 9.90 Å². The van der Waals surface area contributed by atoms with Crippen LogP contribution >= 0.6 is 23.7 Å². The van der Waals surface area contributed by atoms with E-state index in [-0.39, 0.29) is 31.4 Å². The quantitative estimate of drug-likeness (QED) is 0.784. The van der Waals surface area contributed by atoms with Crippen LogP contribution in [0.1, 0.15) is 27.8 Å². The summed E-state index contributed by atoms with van der Waals surface area (Å²) in [4.78, 5) is 11.7. The van der Waals surface area contributed by atoms with Gasteiger partial charge in [0.25, 0.3) is 5.91 Å². The van der Waals surface area contributed by atoms with E-state index in [0.717, 1.165) is 5.56 Å². The molecule has 2 rings (SSSR count). The Bertz CT molecular complexity index is 513. The van der Waals surface area contributed by atoms with Crippen LogP contribution < -0.4 is 11.1 Å². The van der Waals surface area contributed by atoms with Crippen LogP contribution in [-0.2, 0) is 6.54 Å². The molecule has 104 valence electrons. The molecule has 0 aromatic carbocycles. The molecule has 0 aliphatic carbocycles. The average molecular weight is 303 g/mol. The summed E-state index contributed by atoms with van der Waals surface area (Å²) < 4.78 is 5.07. The van der Waals surface area contributed by atoms with Gasteiger partial charge in [0.05, 0.1) is 18.2 Å². The predicted molar refractivity (Wildman–Crippen MR) is 75.5 cm³/mol. The highest BCUT2D eigenvalue weighted by Crippen LogP contribution is 2.15. The molecule has 5 nitrogen and oxygen atoms in total. The fourth-order valence-electron chi connectivity index (χ4n) is 1.48. The smallest absolute Gasteiger partial charge is 0.254 e. The summed E-state index contributed by atoms with van der Waals surface area (Å²) in [6, 6.07) is 3.41. The Morgan fingerprint density at radius 3 is 2.95 bits per heavy atom. The molecule has 0 spiro atoms. The standard InChI is InChI=1S/C12H14N2O3S.ClH/c13-4-10-3-9(6-17-10)12(16)14-5-11(15)8-1-2-18-7-8;/h1-3,6-7,11,15H,4-5,13H2,(H,14,16);1H. The molecule has 7 heteroatoms. The first-order valence-corrected chi connectivity index (χ1v) is 6.41. The molecule has 19 heavy (non-hydrogen) atoms. The first-order valence-electron chi connectivity index (χ1n) is 5.46. The maximum absolute atomic E-state index is 11.7. The summed E-state index contributed by atoms with van der Waals surface area (Å²) in [7, 11) is 0. The lowest BCUT2D eigenvalue weighted by Crippen LogP contribution is -2.27. The van der Waals surface area contributed by atoms with Crippen molar-refractivity contribution in [1.29, 1.82) is 0 Å². The van der Waals surface area contributed by atoms with Gasteiger partial charge < -0.3 is 20.6 Å². The van der Waals surface area contributed by atoms with Gasteiger partial charge in [-0.25, -0.2) is 0 Å². The van der Waals surface area contributed by atoms with E-state index >= 15 is 0 Å². The van der Waals surface area contributed by atoms with E-state index in [1.807, 2.05) is 16.8 Å². The zero-order chi connectivity index (χ0) is 13.0. The molecule has 0 fully saturated rings. The second kappa shape index (κ2) is 7.30. The number of nitrogens with two attached hydrogens (primary N) is 1. The van der Waals surface area contributed by atoms with Crippen molar-refractivity contribution in [1.82, 2.24) is 5.32 Å². The number of amides is 1. The van der Waals surface area contributed by atoms with Gasteiger partial charge in [0, 0.05) is 6.54 Å². The van der Waals surface area contributed by atoms with Crippen molar-refractivity contribution < 1.29 is 14.3 Å². The molecule has 1 atom stereocenters. The number of rotatable bonds is 5. The number of nitrogens with one attached hydrogen (secondary N) is 1. The number of carbonyl (C=O) groups excluding carboxylic acids is 1. The van der Waals surface area contributed by atoms with Gasteiger partial charge in [-0.05, 0) is 28.5 Å². The zero-order valence-corrected chi connectivity index (χ0v) is 11.7. The molecule has 0 bridgehead atoms. The largest absolute Gasteiger partial charge is 0.467 e. The van der Waals surface area contributed by atoms with Gasteiger partial charge in [0.1, 0.15) is 12.0 Å². The topological polar surface area (TPSA) is 88.5 Å². The number of hydrogen-bond acceptors (Lipinski definition) is 5. The van der Waals surface area contributed by atoms with Crippen LogP contribution in [0.15, 0.2) is 33.6 Å². The van der Waals surface area contributed by atoms with E-state index in [4.69, 9.17) is 10.2 Å². The fourth-order valence-corrected chi connectivity index (χ4v) is 2.19. The van der Waals surface area contributed by atoms with Gasteiger partial charge in [0.2, 0.25) is 0 Å². The molecule has 0 saturated heterocycles. The second-order valence-electron chi connectivity index (χ2n) is 3.79. The van der Waals surface area contributed by atoms with E-state index in [0.29, 0.717) is 11.3 Å².